The van der Waals surface area contributed by atoms with E-state index in [9.17, 15) is 4.79 Å². The molecule has 2 aromatic heterocycles. The van der Waals surface area contributed by atoms with Crippen LogP contribution in [0.25, 0.3) is 11.4 Å². The lowest BCUT2D eigenvalue weighted by Crippen LogP contribution is -2.35. The molecule has 6 heteroatoms. The van der Waals surface area contributed by atoms with E-state index in [-0.39, 0.29) is 5.56 Å². The summed E-state index contributed by atoms with van der Waals surface area (Å²) in [4.78, 5) is 29.2. The molecule has 0 radical (unpaired) electrons. The van der Waals surface area contributed by atoms with Crippen LogP contribution in [0.15, 0.2) is 53.6 Å². The minimum absolute atomic E-state index is 0.0316. The van der Waals surface area contributed by atoms with Crippen LogP contribution in [-0.4, -0.2) is 39.5 Å². The number of fused-ring (bicyclic) bond motifs is 1. The number of nitrogens with zero attached hydrogens (tertiary/aromatic N) is 4. The summed E-state index contributed by atoms with van der Waals surface area (Å²) in [5.41, 5.74) is 5.17. The molecule has 0 spiro atoms. The van der Waals surface area contributed by atoms with Gasteiger partial charge in [0.25, 0.3) is 5.56 Å². The number of aromatic amines is 1. The molecule has 0 saturated carbocycles. The van der Waals surface area contributed by atoms with E-state index in [1.165, 1.54) is 37.2 Å². The molecule has 29 heavy (non-hydrogen) atoms. The van der Waals surface area contributed by atoms with Crippen LogP contribution in [0.2, 0.25) is 0 Å². The van der Waals surface area contributed by atoms with Crippen molar-refractivity contribution in [3.63, 3.8) is 0 Å². The minimum atomic E-state index is -0.0316. The van der Waals surface area contributed by atoms with Crippen molar-refractivity contribution in [3.05, 3.63) is 76.0 Å². The van der Waals surface area contributed by atoms with Gasteiger partial charge in [-0.15, -0.1) is 0 Å². The fourth-order valence-corrected chi connectivity index (χ4v) is 4.31. The summed E-state index contributed by atoms with van der Waals surface area (Å²) in [7, 11) is 0. The van der Waals surface area contributed by atoms with Crippen LogP contribution in [0.4, 0.5) is 5.69 Å². The smallest absolute Gasteiger partial charge is 0.255 e. The van der Waals surface area contributed by atoms with E-state index >= 15 is 0 Å². The fraction of sp³-hybridized carbons (Fsp3) is 0.348. The maximum absolute atomic E-state index is 12.7. The Kier molecular flexibility index (Phi) is 4.86. The van der Waals surface area contributed by atoms with Gasteiger partial charge in [-0.3, -0.25) is 14.7 Å². The van der Waals surface area contributed by atoms with Crippen LogP contribution in [0.3, 0.4) is 0 Å². The first kappa shape index (κ1) is 18.1. The molecule has 0 aliphatic carbocycles. The van der Waals surface area contributed by atoms with Gasteiger partial charge >= 0.3 is 0 Å². The molecule has 2 aliphatic rings. The van der Waals surface area contributed by atoms with Crippen molar-refractivity contribution in [2.24, 2.45) is 0 Å². The highest BCUT2D eigenvalue weighted by Gasteiger charge is 2.22. The summed E-state index contributed by atoms with van der Waals surface area (Å²) in [6, 6.07) is 12.6. The molecular weight excluding hydrogens is 362 g/mol. The van der Waals surface area contributed by atoms with Crippen LogP contribution in [0.1, 0.15) is 29.7 Å². The number of rotatable bonds is 4. The monoisotopic (exact) mass is 387 g/mol. The summed E-state index contributed by atoms with van der Waals surface area (Å²) in [6.45, 7) is 4.74. The molecule has 1 fully saturated rings. The summed E-state index contributed by atoms with van der Waals surface area (Å²) in [5.74, 6) is 0.627. The highest BCUT2D eigenvalue weighted by Crippen LogP contribution is 2.23. The number of anilines is 1. The maximum Gasteiger partial charge on any atom is 0.255 e. The minimum Gasteiger partial charge on any atom is -0.372 e. The third kappa shape index (κ3) is 3.80. The molecule has 1 saturated heterocycles. The molecule has 2 aliphatic heterocycles. The second kappa shape index (κ2) is 7.79. The van der Waals surface area contributed by atoms with E-state index in [1.807, 2.05) is 12.1 Å². The average Bonchev–Trinajstić information content (AvgIpc) is 3.30. The highest BCUT2D eigenvalue weighted by molar-refractivity contribution is 5.54. The highest BCUT2D eigenvalue weighted by atomic mass is 16.1. The number of benzene rings is 1. The van der Waals surface area contributed by atoms with Gasteiger partial charge in [-0.1, -0.05) is 12.1 Å². The van der Waals surface area contributed by atoms with Crippen LogP contribution >= 0.6 is 0 Å². The van der Waals surface area contributed by atoms with Gasteiger partial charge in [-0.25, -0.2) is 4.98 Å². The third-order valence-corrected chi connectivity index (χ3v) is 5.92. The van der Waals surface area contributed by atoms with Crippen LogP contribution in [0.5, 0.6) is 0 Å². The quantitative estimate of drug-likeness (QED) is 0.746. The first-order chi connectivity index (χ1) is 14.3. The van der Waals surface area contributed by atoms with Crippen LogP contribution in [-0.2, 0) is 19.5 Å². The molecule has 148 valence electrons. The fourth-order valence-electron chi connectivity index (χ4n) is 4.31. The molecule has 1 N–H and O–H groups in total. The average molecular weight is 387 g/mol. The van der Waals surface area contributed by atoms with Gasteiger partial charge in [0, 0.05) is 62.8 Å². The molecule has 5 rings (SSSR count). The molecule has 0 bridgehead atoms. The van der Waals surface area contributed by atoms with Crippen molar-refractivity contribution in [2.45, 2.75) is 32.4 Å². The Morgan fingerprint density at radius 2 is 1.72 bits per heavy atom. The van der Waals surface area contributed by atoms with Gasteiger partial charge < -0.3 is 9.88 Å². The number of aromatic nitrogens is 3. The molecular formula is C23H25N5O. The Morgan fingerprint density at radius 3 is 2.48 bits per heavy atom. The number of hydrogen-bond acceptors (Lipinski definition) is 5. The molecule has 0 unspecified atom stereocenters. The largest absolute Gasteiger partial charge is 0.372 e. The van der Waals surface area contributed by atoms with Gasteiger partial charge in [0.15, 0.2) is 0 Å². The van der Waals surface area contributed by atoms with E-state index in [4.69, 9.17) is 4.98 Å². The third-order valence-electron chi connectivity index (χ3n) is 5.92. The topological polar surface area (TPSA) is 65.1 Å². The number of nitrogens with one attached hydrogen (secondary N) is 1. The zero-order chi connectivity index (χ0) is 19.6. The maximum atomic E-state index is 12.7. The zero-order valence-corrected chi connectivity index (χ0v) is 16.5. The normalized spacial score (nSPS) is 16.8. The number of pyridine rings is 1. The van der Waals surface area contributed by atoms with Crippen molar-refractivity contribution in [3.8, 4) is 11.4 Å². The van der Waals surface area contributed by atoms with Gasteiger partial charge in [0.1, 0.15) is 5.82 Å². The number of hydrogen-bond donors (Lipinski definition) is 1. The van der Waals surface area contributed by atoms with Crippen molar-refractivity contribution in [1.82, 2.24) is 19.9 Å². The van der Waals surface area contributed by atoms with E-state index in [0.29, 0.717) is 12.4 Å². The Balaban J connectivity index is 1.30. The van der Waals surface area contributed by atoms with Gasteiger partial charge in [-0.05, 0) is 42.7 Å². The zero-order valence-electron chi connectivity index (χ0n) is 16.5. The second-order valence-electron chi connectivity index (χ2n) is 7.90. The lowest BCUT2D eigenvalue weighted by Gasteiger charge is -2.28. The molecule has 0 atom stereocenters. The summed E-state index contributed by atoms with van der Waals surface area (Å²) in [5, 5.41) is 0. The SMILES string of the molecule is O=c1[nH]c(-c2ccncc2)nc2c1CN(Cc1ccc(N3CCCC3)cc1)CC2. The molecule has 0 amide bonds. The Morgan fingerprint density at radius 1 is 0.966 bits per heavy atom. The van der Waals surface area contributed by atoms with Crippen molar-refractivity contribution >= 4 is 5.69 Å². The molecule has 4 heterocycles. The molecule has 1 aromatic carbocycles. The van der Waals surface area contributed by atoms with Crippen LogP contribution < -0.4 is 10.5 Å². The predicted octanol–water partition coefficient (Wildman–Crippen LogP) is 2.99. The van der Waals surface area contributed by atoms with E-state index in [1.54, 1.807) is 12.4 Å². The van der Waals surface area contributed by atoms with Gasteiger partial charge in [0.05, 0.1) is 11.3 Å². The Hall–Kier alpha value is -2.99. The number of H-pyrrole nitrogens is 1. The van der Waals surface area contributed by atoms with Gasteiger partial charge in [-0.2, -0.15) is 0 Å². The van der Waals surface area contributed by atoms with Gasteiger partial charge in [0.2, 0.25) is 0 Å². The summed E-state index contributed by atoms with van der Waals surface area (Å²) < 4.78 is 0. The summed E-state index contributed by atoms with van der Waals surface area (Å²) in [6.07, 6.45) is 6.81. The second-order valence-corrected chi connectivity index (χ2v) is 7.90. The van der Waals surface area contributed by atoms with E-state index in [2.05, 4.69) is 44.0 Å². The standard InChI is InChI=1S/C23H25N5O/c29-23-20-16-27(15-17-3-5-19(6-4-17)28-12-1-2-13-28)14-9-21(20)25-22(26-23)18-7-10-24-11-8-18/h3-8,10-11H,1-2,9,12-16H2,(H,25,26,29). The van der Waals surface area contributed by atoms with E-state index in [0.717, 1.165) is 36.3 Å². The predicted molar refractivity (Wildman–Crippen MR) is 114 cm³/mol. The van der Waals surface area contributed by atoms with Crippen molar-refractivity contribution in [2.75, 3.05) is 24.5 Å². The lowest BCUT2D eigenvalue weighted by atomic mass is 10.1. The first-order valence-corrected chi connectivity index (χ1v) is 10.3. The molecule has 3 aromatic rings. The summed E-state index contributed by atoms with van der Waals surface area (Å²) >= 11 is 0. The van der Waals surface area contributed by atoms with Crippen LogP contribution in [0, 0.1) is 0 Å². The Bertz CT molecular complexity index is 1040. The molecule has 6 nitrogen and oxygen atoms in total. The first-order valence-electron chi connectivity index (χ1n) is 10.3. The van der Waals surface area contributed by atoms with E-state index < -0.39 is 0 Å². The van der Waals surface area contributed by atoms with Crippen molar-refractivity contribution < 1.29 is 0 Å². The lowest BCUT2D eigenvalue weighted by molar-refractivity contribution is 0.242. The van der Waals surface area contributed by atoms with Crippen molar-refractivity contribution in [1.29, 1.82) is 0 Å². The Labute approximate surface area is 170 Å².